The standard InChI is InChI=1S/C14H18ClN3S/c1-3-11-8-18-14(19-11)9(2)17-7-10-4-5-13(16)12(15)6-10/h4-6,8-9,17H,3,7,16H2,1-2H3. The Kier molecular flexibility index (Phi) is 4.80. The van der Waals surface area contributed by atoms with Crippen LogP contribution in [-0.2, 0) is 13.0 Å². The second-order valence-electron chi connectivity index (χ2n) is 4.48. The molecule has 3 N–H and O–H groups in total. The van der Waals surface area contributed by atoms with Gasteiger partial charge >= 0.3 is 0 Å². The monoisotopic (exact) mass is 295 g/mol. The van der Waals surface area contributed by atoms with Crippen LogP contribution in [0.15, 0.2) is 24.4 Å². The summed E-state index contributed by atoms with van der Waals surface area (Å²) >= 11 is 7.77. The number of nitrogens with zero attached hydrogens (tertiary/aromatic N) is 1. The third-order valence-electron chi connectivity index (χ3n) is 2.97. The smallest absolute Gasteiger partial charge is 0.109 e. The molecule has 1 aromatic carbocycles. The summed E-state index contributed by atoms with van der Waals surface area (Å²) < 4.78 is 0. The van der Waals surface area contributed by atoms with E-state index >= 15 is 0 Å². The topological polar surface area (TPSA) is 50.9 Å². The Labute approximate surface area is 122 Å². The molecular weight excluding hydrogens is 278 g/mol. The fourth-order valence-electron chi connectivity index (χ4n) is 1.73. The lowest BCUT2D eigenvalue weighted by atomic mass is 10.2. The van der Waals surface area contributed by atoms with Crippen molar-refractivity contribution >= 4 is 28.6 Å². The zero-order valence-electron chi connectivity index (χ0n) is 11.1. The van der Waals surface area contributed by atoms with Crippen LogP contribution in [-0.4, -0.2) is 4.98 Å². The molecule has 0 aliphatic rings. The number of anilines is 1. The molecule has 0 spiro atoms. The summed E-state index contributed by atoms with van der Waals surface area (Å²) in [5.74, 6) is 0. The molecule has 0 radical (unpaired) electrons. The zero-order chi connectivity index (χ0) is 13.8. The first-order valence-electron chi connectivity index (χ1n) is 6.32. The fourth-order valence-corrected chi connectivity index (χ4v) is 2.81. The predicted molar refractivity (Wildman–Crippen MR) is 82.6 cm³/mol. The van der Waals surface area contributed by atoms with E-state index < -0.39 is 0 Å². The van der Waals surface area contributed by atoms with Crippen LogP contribution in [0.1, 0.15) is 35.3 Å². The van der Waals surface area contributed by atoms with E-state index in [1.807, 2.05) is 24.4 Å². The highest BCUT2D eigenvalue weighted by Crippen LogP contribution is 2.22. The van der Waals surface area contributed by atoms with Crippen LogP contribution in [0.4, 0.5) is 5.69 Å². The minimum Gasteiger partial charge on any atom is -0.398 e. The maximum Gasteiger partial charge on any atom is 0.109 e. The average molecular weight is 296 g/mol. The molecule has 5 heteroatoms. The van der Waals surface area contributed by atoms with E-state index in [0.717, 1.165) is 23.5 Å². The molecule has 0 amide bonds. The summed E-state index contributed by atoms with van der Waals surface area (Å²) in [5.41, 5.74) is 7.43. The average Bonchev–Trinajstić information content (AvgIpc) is 2.88. The van der Waals surface area contributed by atoms with Gasteiger partial charge < -0.3 is 11.1 Å². The third-order valence-corrected chi connectivity index (χ3v) is 4.62. The first-order chi connectivity index (χ1) is 9.10. The van der Waals surface area contributed by atoms with Crippen molar-refractivity contribution in [2.75, 3.05) is 5.73 Å². The number of hydrogen-bond donors (Lipinski definition) is 2. The van der Waals surface area contributed by atoms with Gasteiger partial charge in [0.25, 0.3) is 0 Å². The van der Waals surface area contributed by atoms with E-state index in [1.165, 1.54) is 4.88 Å². The molecule has 0 bridgehead atoms. The van der Waals surface area contributed by atoms with Gasteiger partial charge in [0.1, 0.15) is 5.01 Å². The number of rotatable bonds is 5. The number of nitrogens with one attached hydrogen (secondary N) is 1. The molecule has 1 aromatic heterocycles. The van der Waals surface area contributed by atoms with Gasteiger partial charge in [-0.3, -0.25) is 0 Å². The van der Waals surface area contributed by atoms with Crippen molar-refractivity contribution in [2.45, 2.75) is 32.9 Å². The van der Waals surface area contributed by atoms with Crippen molar-refractivity contribution in [3.63, 3.8) is 0 Å². The molecule has 1 heterocycles. The van der Waals surface area contributed by atoms with Gasteiger partial charge in [0.05, 0.1) is 16.8 Å². The van der Waals surface area contributed by atoms with E-state index in [9.17, 15) is 0 Å². The molecule has 0 fully saturated rings. The quantitative estimate of drug-likeness (QED) is 0.825. The second-order valence-corrected chi connectivity index (χ2v) is 6.03. The Bertz CT molecular complexity index is 553. The molecule has 3 nitrogen and oxygen atoms in total. The number of thiazole rings is 1. The molecular formula is C14H18ClN3S. The molecule has 19 heavy (non-hydrogen) atoms. The summed E-state index contributed by atoms with van der Waals surface area (Å²) in [4.78, 5) is 5.76. The summed E-state index contributed by atoms with van der Waals surface area (Å²) in [6.07, 6.45) is 3.00. The van der Waals surface area contributed by atoms with Crippen molar-refractivity contribution in [3.8, 4) is 0 Å². The number of benzene rings is 1. The first kappa shape index (κ1) is 14.3. The minimum absolute atomic E-state index is 0.238. The second kappa shape index (κ2) is 6.37. The highest BCUT2D eigenvalue weighted by Gasteiger charge is 2.09. The SMILES string of the molecule is CCc1cnc(C(C)NCc2ccc(N)c(Cl)c2)s1. The number of nitrogens with two attached hydrogens (primary N) is 1. The van der Waals surface area contributed by atoms with Gasteiger partial charge in [0, 0.05) is 17.6 Å². The Balaban J connectivity index is 1.95. The Morgan fingerprint density at radius 2 is 2.26 bits per heavy atom. The number of nitrogen functional groups attached to an aromatic ring is 1. The van der Waals surface area contributed by atoms with E-state index in [-0.39, 0.29) is 6.04 Å². The Morgan fingerprint density at radius 3 is 2.89 bits per heavy atom. The van der Waals surface area contributed by atoms with E-state index in [4.69, 9.17) is 17.3 Å². The van der Waals surface area contributed by atoms with Crippen molar-refractivity contribution in [3.05, 3.63) is 44.9 Å². The van der Waals surface area contributed by atoms with E-state index in [1.54, 1.807) is 11.3 Å². The van der Waals surface area contributed by atoms with Crippen LogP contribution >= 0.6 is 22.9 Å². The predicted octanol–water partition coefficient (Wildman–Crippen LogP) is 3.79. The van der Waals surface area contributed by atoms with Crippen LogP contribution in [0, 0.1) is 0 Å². The summed E-state index contributed by atoms with van der Waals surface area (Å²) in [5, 5.41) is 5.18. The molecule has 2 rings (SSSR count). The van der Waals surface area contributed by atoms with Crippen molar-refractivity contribution in [1.82, 2.24) is 10.3 Å². The van der Waals surface area contributed by atoms with Crippen LogP contribution in [0.3, 0.4) is 0 Å². The number of aromatic nitrogens is 1. The summed E-state index contributed by atoms with van der Waals surface area (Å²) in [6.45, 7) is 5.02. The molecule has 1 atom stereocenters. The lowest BCUT2D eigenvalue weighted by Gasteiger charge is -2.11. The van der Waals surface area contributed by atoms with Crippen LogP contribution in [0.5, 0.6) is 0 Å². The van der Waals surface area contributed by atoms with Crippen LogP contribution < -0.4 is 11.1 Å². The van der Waals surface area contributed by atoms with Gasteiger partial charge in [-0.05, 0) is 31.0 Å². The van der Waals surface area contributed by atoms with Crippen molar-refractivity contribution in [1.29, 1.82) is 0 Å². The molecule has 0 saturated heterocycles. The van der Waals surface area contributed by atoms with Gasteiger partial charge in [-0.15, -0.1) is 11.3 Å². The molecule has 0 saturated carbocycles. The Morgan fingerprint density at radius 1 is 1.47 bits per heavy atom. The Hall–Kier alpha value is -1.10. The number of hydrogen-bond acceptors (Lipinski definition) is 4. The lowest BCUT2D eigenvalue weighted by Crippen LogP contribution is -2.17. The summed E-state index contributed by atoms with van der Waals surface area (Å²) in [6, 6.07) is 5.96. The van der Waals surface area contributed by atoms with Crippen molar-refractivity contribution in [2.24, 2.45) is 0 Å². The normalized spacial score (nSPS) is 12.6. The number of halogens is 1. The highest BCUT2D eigenvalue weighted by atomic mass is 35.5. The maximum absolute atomic E-state index is 6.01. The molecule has 0 aliphatic heterocycles. The fraction of sp³-hybridized carbons (Fsp3) is 0.357. The number of aryl methyl sites for hydroxylation is 1. The van der Waals surface area contributed by atoms with Crippen LogP contribution in [0.2, 0.25) is 5.02 Å². The lowest BCUT2D eigenvalue weighted by molar-refractivity contribution is 0.572. The highest BCUT2D eigenvalue weighted by molar-refractivity contribution is 7.11. The van der Waals surface area contributed by atoms with Gasteiger partial charge in [-0.2, -0.15) is 0 Å². The molecule has 2 aromatic rings. The minimum atomic E-state index is 0.238. The largest absolute Gasteiger partial charge is 0.398 e. The molecule has 102 valence electrons. The van der Waals surface area contributed by atoms with Gasteiger partial charge in [0.2, 0.25) is 0 Å². The summed E-state index contributed by atoms with van der Waals surface area (Å²) in [7, 11) is 0. The van der Waals surface area contributed by atoms with E-state index in [2.05, 4.69) is 24.1 Å². The van der Waals surface area contributed by atoms with Gasteiger partial charge in [-0.25, -0.2) is 4.98 Å². The molecule has 0 aliphatic carbocycles. The van der Waals surface area contributed by atoms with Crippen LogP contribution in [0.25, 0.3) is 0 Å². The zero-order valence-corrected chi connectivity index (χ0v) is 12.7. The van der Waals surface area contributed by atoms with Gasteiger partial charge in [0.15, 0.2) is 0 Å². The van der Waals surface area contributed by atoms with E-state index in [0.29, 0.717) is 10.7 Å². The first-order valence-corrected chi connectivity index (χ1v) is 7.51. The van der Waals surface area contributed by atoms with Gasteiger partial charge in [-0.1, -0.05) is 24.6 Å². The van der Waals surface area contributed by atoms with Crippen molar-refractivity contribution < 1.29 is 0 Å². The third kappa shape index (κ3) is 3.69. The maximum atomic E-state index is 6.01. The molecule has 1 unspecified atom stereocenters.